The Kier molecular flexibility index (Phi) is 42.1. The summed E-state index contributed by atoms with van der Waals surface area (Å²) >= 11 is 0. The van der Waals surface area contributed by atoms with Crippen LogP contribution < -0.4 is 17.2 Å². The number of rotatable bonds is 0. The molecule has 0 aliphatic carbocycles. The van der Waals surface area contributed by atoms with E-state index >= 15 is 0 Å². The molecule has 0 rings (SSSR count). The average molecular weight is 94.1 g/mol. The van der Waals surface area contributed by atoms with E-state index < -0.39 is 0 Å². The zero-order valence-corrected chi connectivity index (χ0v) is 2.96. The molecule has 0 amide bonds. The van der Waals surface area contributed by atoms with E-state index in [0.717, 1.165) is 0 Å². The Morgan fingerprint density at radius 3 is 1.67 bits per heavy atom. The van der Waals surface area contributed by atoms with E-state index in [-0.39, 0.29) is 0 Å². The van der Waals surface area contributed by atoms with Crippen LogP contribution in [0.4, 0.5) is 0 Å². The zero-order valence-electron chi connectivity index (χ0n) is 2.96. The number of hydrogen-bond acceptors (Lipinski definition) is 5. The van der Waals surface area contributed by atoms with E-state index in [9.17, 15) is 0 Å². The van der Waals surface area contributed by atoms with Crippen LogP contribution in [0.25, 0.3) is 0 Å². The molecule has 0 fully saturated rings. The molecule has 6 heteroatoms. The van der Waals surface area contributed by atoms with Crippen molar-refractivity contribution in [3.05, 3.63) is 4.91 Å². The maximum Gasteiger partial charge on any atom is 0.152 e. The van der Waals surface area contributed by atoms with E-state index in [1.165, 1.54) is 5.34 Å². The van der Waals surface area contributed by atoms with Crippen LogP contribution >= 0.6 is 0 Å². The van der Waals surface area contributed by atoms with Crippen molar-refractivity contribution >= 4 is 0 Å². The van der Waals surface area contributed by atoms with Crippen molar-refractivity contribution in [3.8, 4) is 0 Å². The summed E-state index contributed by atoms with van der Waals surface area (Å²) in [5, 5.41) is 7.89. The number of hydrogen-bond donors (Lipinski definition) is 4. The Hall–Kier alpha value is -0.720. The predicted octanol–water partition coefficient (Wildman–Crippen LogP) is -1.53. The highest BCUT2D eigenvalue weighted by Crippen LogP contribution is 1.25. The van der Waals surface area contributed by atoms with Gasteiger partial charge in [0.1, 0.15) is 0 Å². The molecule has 0 bridgehead atoms. The van der Waals surface area contributed by atoms with Gasteiger partial charge < -0.3 is 5.21 Å². The second-order valence-electron chi connectivity index (χ2n) is 0.248. The summed E-state index contributed by atoms with van der Waals surface area (Å²) in [6, 6.07) is 0. The number of nitrogens with zero attached hydrogens (tertiary/aromatic N) is 1. The third kappa shape index (κ3) is 32.9. The molecule has 38 valence electrons. The summed E-state index contributed by atoms with van der Waals surface area (Å²) in [6.07, 6.45) is 0. The second kappa shape index (κ2) is 28.1. The molecule has 0 heterocycles. The fourth-order valence-corrected chi connectivity index (χ4v) is 0. The van der Waals surface area contributed by atoms with Crippen LogP contribution in [0, 0.1) is 4.91 Å². The van der Waals surface area contributed by atoms with Gasteiger partial charge in [0.2, 0.25) is 0 Å². The summed E-state index contributed by atoms with van der Waals surface area (Å²) in [5.41, 5.74) is 1.75. The van der Waals surface area contributed by atoms with Gasteiger partial charge in [0.15, 0.2) is 5.34 Å². The third-order valence-electron chi connectivity index (χ3n) is 0. The van der Waals surface area contributed by atoms with E-state index in [4.69, 9.17) is 10.1 Å². The van der Waals surface area contributed by atoms with Gasteiger partial charge in [0, 0.05) is 0 Å². The molecule has 0 spiro atoms. The Morgan fingerprint density at radius 2 is 1.67 bits per heavy atom. The van der Waals surface area contributed by atoms with E-state index in [1.54, 1.807) is 5.53 Å². The lowest BCUT2D eigenvalue weighted by Crippen LogP contribution is -2.29. The largest absolute Gasteiger partial charge is 0.379 e. The van der Waals surface area contributed by atoms with Gasteiger partial charge in [-0.2, -0.15) is 5.53 Å². The highest BCUT2D eigenvalue weighted by atomic mass is 16.6. The highest BCUT2D eigenvalue weighted by Gasteiger charge is 1.19. The van der Waals surface area contributed by atoms with Gasteiger partial charge in [-0.05, 0) is 0 Å². The van der Waals surface area contributed by atoms with E-state index in [1.807, 2.05) is 0 Å². The summed E-state index contributed by atoms with van der Waals surface area (Å²) in [4.78, 5) is 8.11. The molecule has 6 nitrogen and oxygen atoms in total. The van der Waals surface area contributed by atoms with Crippen molar-refractivity contribution in [2.75, 3.05) is 0 Å². The molecule has 0 aliphatic heterocycles. The molecule has 0 aromatic heterocycles. The smallest absolute Gasteiger partial charge is 0.152 e. The minimum absolute atomic E-state index is 1.25. The molecule has 0 aromatic rings. The molecule has 0 saturated heterocycles. The third-order valence-corrected chi connectivity index (χ3v) is 0. The summed E-state index contributed by atoms with van der Waals surface area (Å²) < 4.78 is 0. The van der Waals surface area contributed by atoms with Crippen LogP contribution in [0.3, 0.4) is 0 Å². The molecule has 0 aliphatic rings. The second-order valence-corrected chi connectivity index (χ2v) is 0.248. The van der Waals surface area contributed by atoms with Crippen molar-refractivity contribution in [1.82, 2.24) is 5.53 Å². The molecule has 0 aromatic carbocycles. The topological polar surface area (TPSA) is 114 Å². The molecule has 6 N–H and O–H groups in total. The van der Waals surface area contributed by atoms with Crippen LogP contribution in [0.1, 0.15) is 0 Å². The van der Waals surface area contributed by atoms with Gasteiger partial charge in [-0.15, -0.1) is 4.91 Å². The summed E-state index contributed by atoms with van der Waals surface area (Å²) in [5.74, 6) is 8.75. The minimum atomic E-state index is 1.25. The lowest BCUT2D eigenvalue weighted by Gasteiger charge is -1.64. The molecule has 0 radical (unpaired) electrons. The van der Waals surface area contributed by atoms with Crippen LogP contribution in [0.15, 0.2) is 5.34 Å². The van der Waals surface area contributed by atoms with Crippen LogP contribution in [-0.2, 0) is 0 Å². The van der Waals surface area contributed by atoms with Gasteiger partial charge in [-0.25, -0.2) is 0 Å². The molecular formula is H6N4O2. The van der Waals surface area contributed by atoms with Gasteiger partial charge in [-0.3, -0.25) is 11.7 Å². The van der Waals surface area contributed by atoms with E-state index in [0.29, 0.717) is 0 Å². The minimum Gasteiger partial charge on any atom is -0.379 e. The number of nitrogens with one attached hydrogen (secondary N) is 1. The first-order valence-electron chi connectivity index (χ1n) is 0.960. The first-order valence-corrected chi connectivity index (χ1v) is 0.960. The van der Waals surface area contributed by atoms with Crippen molar-refractivity contribution < 1.29 is 5.21 Å². The van der Waals surface area contributed by atoms with Crippen molar-refractivity contribution in [1.29, 1.82) is 0 Å². The van der Waals surface area contributed by atoms with Crippen molar-refractivity contribution in [3.63, 3.8) is 0 Å². The SMILES string of the molecule is NNN.O=NO. The van der Waals surface area contributed by atoms with Crippen molar-refractivity contribution in [2.45, 2.75) is 0 Å². The Bertz CT molecular complexity index is 19.5. The molecule has 0 unspecified atom stereocenters. The van der Waals surface area contributed by atoms with Gasteiger partial charge in [0.05, 0.1) is 0 Å². The lowest BCUT2D eigenvalue weighted by atomic mass is 12.6. The molecule has 6 heavy (non-hydrogen) atoms. The number of hydrazine groups is 2. The van der Waals surface area contributed by atoms with Gasteiger partial charge in [0.25, 0.3) is 0 Å². The predicted molar refractivity (Wildman–Crippen MR) is 19.1 cm³/mol. The number of nitrogens with two attached hydrogens (primary N) is 2. The normalized spacial score (nSPS) is 5.00. The molecular weight excluding hydrogens is 88.0 g/mol. The van der Waals surface area contributed by atoms with Gasteiger partial charge >= 0.3 is 0 Å². The maximum absolute atomic E-state index is 8.11. The lowest BCUT2D eigenvalue weighted by molar-refractivity contribution is 0.312. The standard InChI is InChI=1S/H5N3.HNO2/c1-3-2;2-1-3/h3H,1-2H2;(H,2,3). The Labute approximate surface area is 34.0 Å². The fraction of sp³-hybridized carbons (Fsp3) is 0. The molecule has 0 saturated carbocycles. The van der Waals surface area contributed by atoms with Gasteiger partial charge in [-0.1, -0.05) is 0 Å². The summed E-state index contributed by atoms with van der Waals surface area (Å²) in [6.45, 7) is 0. The highest BCUT2D eigenvalue weighted by molar-refractivity contribution is 3.83. The first-order chi connectivity index (χ1) is 2.83. The quantitative estimate of drug-likeness (QED) is 0.165. The first kappa shape index (κ1) is 8.99. The zero-order chi connectivity index (χ0) is 5.41. The maximum atomic E-state index is 8.11. The monoisotopic (exact) mass is 94.0 g/mol. The molecule has 0 atom stereocenters. The van der Waals surface area contributed by atoms with Crippen LogP contribution in [0.2, 0.25) is 0 Å². The van der Waals surface area contributed by atoms with Crippen LogP contribution in [0.5, 0.6) is 0 Å². The van der Waals surface area contributed by atoms with Crippen LogP contribution in [-0.4, -0.2) is 5.21 Å². The summed E-state index contributed by atoms with van der Waals surface area (Å²) in [7, 11) is 0. The Morgan fingerprint density at radius 1 is 1.67 bits per heavy atom. The average Bonchev–Trinajstić information content (AvgIpc) is 1.39. The van der Waals surface area contributed by atoms with Crippen molar-refractivity contribution in [2.24, 2.45) is 17.0 Å². The van der Waals surface area contributed by atoms with E-state index in [2.05, 4.69) is 11.7 Å². The Balaban J connectivity index is 0. The fourth-order valence-electron chi connectivity index (χ4n) is 0.